The highest BCUT2D eigenvalue weighted by Crippen LogP contribution is 2.09. The number of aromatic nitrogens is 2. The van der Waals surface area contributed by atoms with Crippen molar-refractivity contribution in [2.75, 3.05) is 13.2 Å². The summed E-state index contributed by atoms with van der Waals surface area (Å²) in [5, 5.41) is 7.47. The molecule has 0 aromatic carbocycles. The summed E-state index contributed by atoms with van der Waals surface area (Å²) in [6.07, 6.45) is 3.91. The van der Waals surface area contributed by atoms with Crippen molar-refractivity contribution in [2.24, 2.45) is 0 Å². The van der Waals surface area contributed by atoms with Crippen LogP contribution in [0.1, 0.15) is 30.6 Å². The highest BCUT2D eigenvalue weighted by Gasteiger charge is 2.22. The number of nitrogens with zero attached hydrogens (tertiary/aromatic N) is 2. The van der Waals surface area contributed by atoms with E-state index in [9.17, 15) is 4.79 Å². The fourth-order valence-corrected chi connectivity index (χ4v) is 2.03. The molecule has 2 heterocycles. The molecule has 1 N–H and O–H groups in total. The molecule has 5 nitrogen and oxygen atoms in total. The third-order valence-electron chi connectivity index (χ3n) is 2.92. The fourth-order valence-electron chi connectivity index (χ4n) is 2.03. The van der Waals surface area contributed by atoms with Crippen LogP contribution in [0, 0.1) is 0 Å². The van der Waals surface area contributed by atoms with E-state index >= 15 is 0 Å². The van der Waals surface area contributed by atoms with Crippen LogP contribution in [0.25, 0.3) is 0 Å². The lowest BCUT2D eigenvalue weighted by Gasteiger charge is -2.28. The molecular formula is C12H19N3O2. The maximum Gasteiger partial charge on any atom is 0.167 e. The minimum absolute atomic E-state index is 0.122. The molecule has 17 heavy (non-hydrogen) atoms. The molecule has 1 saturated heterocycles. The summed E-state index contributed by atoms with van der Waals surface area (Å²) in [4.78, 5) is 12.0. The number of ketones is 1. The van der Waals surface area contributed by atoms with Gasteiger partial charge in [0.2, 0.25) is 0 Å². The summed E-state index contributed by atoms with van der Waals surface area (Å²) in [5.74, 6) is 0.125. The lowest BCUT2D eigenvalue weighted by Crippen LogP contribution is -2.48. The van der Waals surface area contributed by atoms with E-state index in [0.29, 0.717) is 24.6 Å². The lowest BCUT2D eigenvalue weighted by molar-refractivity contribution is 0.0463. The summed E-state index contributed by atoms with van der Waals surface area (Å²) >= 11 is 0. The van der Waals surface area contributed by atoms with Crippen LogP contribution in [0.5, 0.6) is 0 Å². The number of Topliss-reactive ketones (excluding diaryl/α,β-unsaturated/α-hetero) is 1. The van der Waals surface area contributed by atoms with E-state index < -0.39 is 0 Å². The zero-order valence-electron chi connectivity index (χ0n) is 10.3. The predicted molar refractivity (Wildman–Crippen MR) is 64.1 cm³/mol. The van der Waals surface area contributed by atoms with Crippen LogP contribution in [-0.4, -0.2) is 40.9 Å². The van der Waals surface area contributed by atoms with Crippen LogP contribution < -0.4 is 5.32 Å². The van der Waals surface area contributed by atoms with Gasteiger partial charge in [0.1, 0.15) is 0 Å². The molecule has 0 saturated carbocycles. The van der Waals surface area contributed by atoms with E-state index in [1.165, 1.54) is 0 Å². The molecule has 2 atom stereocenters. The first-order chi connectivity index (χ1) is 8.19. The summed E-state index contributed by atoms with van der Waals surface area (Å²) in [5.41, 5.74) is 0.687. The zero-order chi connectivity index (χ0) is 12.3. The first-order valence-corrected chi connectivity index (χ1v) is 6.08. The number of hydrogen-bond donors (Lipinski definition) is 1. The van der Waals surface area contributed by atoms with Gasteiger partial charge in [0.25, 0.3) is 0 Å². The molecule has 1 aliphatic heterocycles. The van der Waals surface area contributed by atoms with Crippen molar-refractivity contribution in [3.63, 3.8) is 0 Å². The lowest BCUT2D eigenvalue weighted by atomic mass is 10.1. The minimum Gasteiger partial charge on any atom is -0.378 e. The van der Waals surface area contributed by atoms with Gasteiger partial charge in [0.05, 0.1) is 25.0 Å². The summed E-state index contributed by atoms with van der Waals surface area (Å²) in [7, 11) is 0. The van der Waals surface area contributed by atoms with E-state index in [-0.39, 0.29) is 11.8 Å². The van der Waals surface area contributed by atoms with Crippen molar-refractivity contribution in [1.29, 1.82) is 0 Å². The molecule has 1 fully saturated rings. The standard InChI is InChI=1S/C12H19N3O2/c1-3-15-6-10(5-13-15)12(16)4-11-8-17-7-9(2)14-11/h5-6,9,11,14H,3-4,7-8H2,1-2H3. The van der Waals surface area contributed by atoms with E-state index in [1.807, 2.05) is 6.92 Å². The molecule has 0 aliphatic carbocycles. The van der Waals surface area contributed by atoms with Gasteiger partial charge in [0, 0.05) is 31.2 Å². The molecule has 94 valence electrons. The number of hydrogen-bond acceptors (Lipinski definition) is 4. The molecule has 1 aliphatic rings. The molecule has 5 heteroatoms. The SMILES string of the molecule is CCn1cc(C(=O)CC2COCC(C)N2)cn1. The van der Waals surface area contributed by atoms with E-state index in [0.717, 1.165) is 13.2 Å². The normalized spacial score (nSPS) is 24.8. The molecule has 0 amide bonds. The van der Waals surface area contributed by atoms with Crippen LogP contribution in [0.15, 0.2) is 12.4 Å². The quantitative estimate of drug-likeness (QED) is 0.789. The van der Waals surface area contributed by atoms with Gasteiger partial charge in [-0.3, -0.25) is 9.48 Å². The summed E-state index contributed by atoms with van der Waals surface area (Å²) in [6.45, 7) is 6.18. The predicted octanol–water partition coefficient (Wildman–Crippen LogP) is 0.853. The van der Waals surface area contributed by atoms with Gasteiger partial charge in [0.15, 0.2) is 5.78 Å². The Kier molecular flexibility index (Phi) is 3.91. The monoisotopic (exact) mass is 237 g/mol. The molecule has 2 rings (SSSR count). The molecule has 0 spiro atoms. The second kappa shape index (κ2) is 5.42. The molecule has 0 bridgehead atoms. The number of aryl methyl sites for hydroxylation is 1. The third-order valence-corrected chi connectivity index (χ3v) is 2.92. The van der Waals surface area contributed by atoms with Crippen molar-refractivity contribution in [1.82, 2.24) is 15.1 Å². The van der Waals surface area contributed by atoms with Crippen molar-refractivity contribution < 1.29 is 9.53 Å². The van der Waals surface area contributed by atoms with Gasteiger partial charge in [-0.25, -0.2) is 0 Å². The number of carbonyl (C=O) groups is 1. The van der Waals surface area contributed by atoms with Gasteiger partial charge in [-0.2, -0.15) is 5.10 Å². The maximum absolute atomic E-state index is 12.0. The number of nitrogens with one attached hydrogen (secondary N) is 1. The van der Waals surface area contributed by atoms with Crippen molar-refractivity contribution in [3.05, 3.63) is 18.0 Å². The zero-order valence-corrected chi connectivity index (χ0v) is 10.3. The van der Waals surface area contributed by atoms with Crippen LogP contribution in [-0.2, 0) is 11.3 Å². The number of ether oxygens (including phenoxy) is 1. The second-order valence-electron chi connectivity index (χ2n) is 4.51. The Morgan fingerprint density at radius 2 is 2.47 bits per heavy atom. The molecule has 1 aromatic rings. The van der Waals surface area contributed by atoms with Crippen LogP contribution in [0.4, 0.5) is 0 Å². The topological polar surface area (TPSA) is 56.1 Å². The number of carbonyl (C=O) groups excluding carboxylic acids is 1. The van der Waals surface area contributed by atoms with Gasteiger partial charge in [-0.1, -0.05) is 0 Å². The van der Waals surface area contributed by atoms with E-state index in [2.05, 4.69) is 17.3 Å². The Morgan fingerprint density at radius 1 is 1.65 bits per heavy atom. The van der Waals surface area contributed by atoms with Gasteiger partial charge in [-0.05, 0) is 13.8 Å². The smallest absolute Gasteiger partial charge is 0.167 e. The van der Waals surface area contributed by atoms with Crippen molar-refractivity contribution >= 4 is 5.78 Å². The Labute approximate surface area is 101 Å². The third kappa shape index (κ3) is 3.14. The van der Waals surface area contributed by atoms with Crippen LogP contribution in [0.3, 0.4) is 0 Å². The average molecular weight is 237 g/mol. The van der Waals surface area contributed by atoms with Crippen LogP contribution >= 0.6 is 0 Å². The van der Waals surface area contributed by atoms with Crippen molar-refractivity contribution in [3.8, 4) is 0 Å². The van der Waals surface area contributed by atoms with E-state index in [1.54, 1.807) is 17.1 Å². The fraction of sp³-hybridized carbons (Fsp3) is 0.667. The Bertz CT molecular complexity index is 389. The molecule has 1 aromatic heterocycles. The summed E-state index contributed by atoms with van der Waals surface area (Å²) < 4.78 is 7.19. The average Bonchev–Trinajstić information content (AvgIpc) is 2.77. The summed E-state index contributed by atoms with van der Waals surface area (Å²) in [6, 6.07) is 0.441. The number of rotatable bonds is 4. The van der Waals surface area contributed by atoms with Crippen molar-refractivity contribution in [2.45, 2.75) is 38.9 Å². The Balaban J connectivity index is 1.92. The molecular weight excluding hydrogens is 218 g/mol. The van der Waals surface area contributed by atoms with E-state index in [4.69, 9.17) is 4.74 Å². The van der Waals surface area contributed by atoms with Gasteiger partial charge in [-0.15, -0.1) is 0 Å². The highest BCUT2D eigenvalue weighted by molar-refractivity contribution is 5.96. The molecule has 2 unspecified atom stereocenters. The minimum atomic E-state index is 0.122. The Hall–Kier alpha value is -1.20. The van der Waals surface area contributed by atoms with Gasteiger partial charge < -0.3 is 10.1 Å². The van der Waals surface area contributed by atoms with Gasteiger partial charge >= 0.3 is 0 Å². The Morgan fingerprint density at radius 3 is 3.12 bits per heavy atom. The van der Waals surface area contributed by atoms with Crippen LogP contribution in [0.2, 0.25) is 0 Å². The molecule has 0 radical (unpaired) electrons. The largest absolute Gasteiger partial charge is 0.378 e. The first-order valence-electron chi connectivity index (χ1n) is 6.08. The second-order valence-corrected chi connectivity index (χ2v) is 4.51. The maximum atomic E-state index is 12.0. The highest BCUT2D eigenvalue weighted by atomic mass is 16.5. The first kappa shape index (κ1) is 12.3. The number of morpholine rings is 1.